The number of halogens is 1. The van der Waals surface area contributed by atoms with Crippen LogP contribution in [0.1, 0.15) is 30.3 Å². The quantitative estimate of drug-likeness (QED) is 0.681. The Bertz CT molecular complexity index is 902. The summed E-state index contributed by atoms with van der Waals surface area (Å²) in [4.78, 5) is 19.1. The third kappa shape index (κ3) is 4.26. The first kappa shape index (κ1) is 17.9. The number of pyridine rings is 1. The fourth-order valence-corrected chi connectivity index (χ4v) is 3.64. The van der Waals surface area contributed by atoms with Crippen LogP contribution in [0, 0.1) is 0 Å². The predicted octanol–water partition coefficient (Wildman–Crippen LogP) is 3.22. The largest absolute Gasteiger partial charge is 0.468 e. The van der Waals surface area contributed by atoms with Gasteiger partial charge < -0.3 is 19.5 Å². The summed E-state index contributed by atoms with van der Waals surface area (Å²) in [6.07, 6.45) is 7.69. The van der Waals surface area contributed by atoms with Crippen molar-refractivity contribution < 1.29 is 9.21 Å². The van der Waals surface area contributed by atoms with E-state index in [4.69, 9.17) is 16.0 Å². The molecule has 0 saturated carbocycles. The number of nitrogens with one attached hydrogen (secondary N) is 2. The number of imidazole rings is 1. The number of hydrogen-bond acceptors (Lipinski definition) is 4. The van der Waals surface area contributed by atoms with Gasteiger partial charge in [0.15, 0.2) is 0 Å². The number of aromatic nitrogens is 2. The van der Waals surface area contributed by atoms with Gasteiger partial charge >= 0.3 is 6.03 Å². The maximum Gasteiger partial charge on any atom is 0.315 e. The Hall–Kier alpha value is -2.51. The molecule has 0 spiro atoms. The summed E-state index contributed by atoms with van der Waals surface area (Å²) >= 11 is 5.98. The summed E-state index contributed by atoms with van der Waals surface area (Å²) in [5, 5.41) is 6.45. The molecule has 2 amide bonds. The molecule has 0 bridgehead atoms. The van der Waals surface area contributed by atoms with Crippen LogP contribution in [-0.2, 0) is 6.54 Å². The van der Waals surface area contributed by atoms with E-state index in [0.717, 1.165) is 30.2 Å². The van der Waals surface area contributed by atoms with Crippen molar-refractivity contribution in [2.24, 2.45) is 0 Å². The van der Waals surface area contributed by atoms with E-state index in [9.17, 15) is 4.79 Å². The van der Waals surface area contributed by atoms with Crippen LogP contribution in [0.4, 0.5) is 4.79 Å². The Morgan fingerprint density at radius 2 is 2.07 bits per heavy atom. The topological polar surface area (TPSA) is 74.8 Å². The summed E-state index contributed by atoms with van der Waals surface area (Å²) in [5.41, 5.74) is 1.57. The lowest BCUT2D eigenvalue weighted by atomic mass is 10.2. The standard InChI is InChI=1S/C19H22ClN5O2/c20-14-5-6-18-23-15(13-25(18)12-14)10-21-19(26)22-11-16(17-4-3-9-27-17)24-7-1-2-8-24/h3-6,9,12-13,16H,1-2,7-8,10-11H2,(H2,21,22,26). The highest BCUT2D eigenvalue weighted by molar-refractivity contribution is 6.30. The van der Waals surface area contributed by atoms with Crippen LogP contribution in [0.5, 0.6) is 0 Å². The molecule has 3 aromatic rings. The van der Waals surface area contributed by atoms with Crippen LogP contribution >= 0.6 is 11.6 Å². The van der Waals surface area contributed by atoms with Crippen LogP contribution in [0.2, 0.25) is 5.02 Å². The Morgan fingerprint density at radius 1 is 1.22 bits per heavy atom. The van der Waals surface area contributed by atoms with Gasteiger partial charge in [-0.15, -0.1) is 0 Å². The van der Waals surface area contributed by atoms with Gasteiger partial charge in [-0.2, -0.15) is 0 Å². The van der Waals surface area contributed by atoms with Crippen LogP contribution in [0.25, 0.3) is 5.65 Å². The average Bonchev–Trinajstić information content (AvgIpc) is 3.41. The van der Waals surface area contributed by atoms with E-state index in [0.29, 0.717) is 18.1 Å². The van der Waals surface area contributed by atoms with E-state index in [1.807, 2.05) is 28.8 Å². The zero-order valence-electron chi connectivity index (χ0n) is 14.9. The van der Waals surface area contributed by atoms with Gasteiger partial charge in [-0.3, -0.25) is 4.90 Å². The number of rotatable bonds is 6. The van der Waals surface area contributed by atoms with Crippen molar-refractivity contribution >= 4 is 23.3 Å². The van der Waals surface area contributed by atoms with Crippen LogP contribution in [0.15, 0.2) is 47.3 Å². The minimum absolute atomic E-state index is 0.0607. The first-order valence-electron chi connectivity index (χ1n) is 9.11. The molecular weight excluding hydrogens is 366 g/mol. The molecule has 1 fully saturated rings. The van der Waals surface area contributed by atoms with Crippen molar-refractivity contribution in [2.75, 3.05) is 19.6 Å². The maximum atomic E-state index is 12.2. The molecule has 0 radical (unpaired) electrons. The van der Waals surface area contributed by atoms with Crippen molar-refractivity contribution in [3.8, 4) is 0 Å². The van der Waals surface area contributed by atoms with Gasteiger partial charge in [-0.25, -0.2) is 9.78 Å². The van der Waals surface area contributed by atoms with Crippen LogP contribution < -0.4 is 10.6 Å². The van der Waals surface area contributed by atoms with Crippen molar-refractivity contribution in [1.82, 2.24) is 24.9 Å². The van der Waals surface area contributed by atoms with Crippen LogP contribution in [-0.4, -0.2) is 39.9 Å². The van der Waals surface area contributed by atoms with E-state index in [1.54, 1.807) is 18.5 Å². The third-order valence-electron chi connectivity index (χ3n) is 4.80. The summed E-state index contributed by atoms with van der Waals surface area (Å²) < 4.78 is 7.42. The van der Waals surface area contributed by atoms with E-state index >= 15 is 0 Å². The fourth-order valence-electron chi connectivity index (χ4n) is 3.47. The number of hydrogen-bond donors (Lipinski definition) is 2. The molecule has 0 aliphatic carbocycles. The summed E-state index contributed by atoms with van der Waals surface area (Å²) in [5.74, 6) is 0.884. The van der Waals surface area contributed by atoms with Gasteiger partial charge in [0.05, 0.1) is 29.6 Å². The number of carbonyl (C=O) groups is 1. The summed E-state index contributed by atoms with van der Waals surface area (Å²) in [6.45, 7) is 2.90. The van der Waals surface area contributed by atoms with E-state index in [-0.39, 0.29) is 12.1 Å². The fraction of sp³-hybridized carbons (Fsp3) is 0.368. The smallest absolute Gasteiger partial charge is 0.315 e. The minimum Gasteiger partial charge on any atom is -0.468 e. The van der Waals surface area contributed by atoms with Gasteiger partial charge in [0.1, 0.15) is 11.4 Å². The number of likely N-dealkylation sites (tertiary alicyclic amines) is 1. The number of nitrogens with zero attached hydrogens (tertiary/aromatic N) is 3. The summed E-state index contributed by atoms with van der Waals surface area (Å²) in [6, 6.07) is 7.32. The summed E-state index contributed by atoms with van der Waals surface area (Å²) in [7, 11) is 0. The van der Waals surface area contributed by atoms with Crippen molar-refractivity contribution in [3.05, 3.63) is 59.4 Å². The number of urea groups is 1. The van der Waals surface area contributed by atoms with E-state index < -0.39 is 0 Å². The van der Waals surface area contributed by atoms with Gasteiger partial charge in [-0.05, 0) is 50.2 Å². The third-order valence-corrected chi connectivity index (χ3v) is 5.03. The second-order valence-electron chi connectivity index (χ2n) is 6.68. The van der Waals surface area contributed by atoms with Crippen molar-refractivity contribution in [1.29, 1.82) is 0 Å². The lowest BCUT2D eigenvalue weighted by Gasteiger charge is -2.26. The van der Waals surface area contributed by atoms with Gasteiger partial charge in [0.2, 0.25) is 0 Å². The molecule has 7 nitrogen and oxygen atoms in total. The Kier molecular flexibility index (Phi) is 5.31. The van der Waals surface area contributed by atoms with Gasteiger partial charge in [0, 0.05) is 18.9 Å². The molecule has 8 heteroatoms. The van der Waals surface area contributed by atoms with Gasteiger partial charge in [0.25, 0.3) is 0 Å². The molecule has 2 N–H and O–H groups in total. The molecule has 1 unspecified atom stereocenters. The molecule has 142 valence electrons. The van der Waals surface area contributed by atoms with E-state index in [1.165, 1.54) is 12.8 Å². The molecule has 1 aliphatic rings. The van der Waals surface area contributed by atoms with E-state index in [2.05, 4.69) is 20.5 Å². The Balaban J connectivity index is 1.32. The minimum atomic E-state index is -0.221. The van der Waals surface area contributed by atoms with Crippen molar-refractivity contribution in [3.63, 3.8) is 0 Å². The monoisotopic (exact) mass is 387 g/mol. The molecular formula is C19H22ClN5O2. The lowest BCUT2D eigenvalue weighted by molar-refractivity contribution is 0.203. The number of furan rings is 1. The number of fused-ring (bicyclic) bond motifs is 1. The second-order valence-corrected chi connectivity index (χ2v) is 7.12. The zero-order valence-corrected chi connectivity index (χ0v) is 15.7. The molecule has 1 saturated heterocycles. The molecule has 27 heavy (non-hydrogen) atoms. The number of carbonyl (C=O) groups excluding carboxylic acids is 1. The Morgan fingerprint density at radius 3 is 2.85 bits per heavy atom. The zero-order chi connectivity index (χ0) is 18.6. The lowest BCUT2D eigenvalue weighted by Crippen LogP contribution is -2.41. The average molecular weight is 388 g/mol. The first-order valence-corrected chi connectivity index (χ1v) is 9.49. The van der Waals surface area contributed by atoms with Crippen molar-refractivity contribution in [2.45, 2.75) is 25.4 Å². The SMILES string of the molecule is O=C(NCc1cn2cc(Cl)ccc2n1)NCC(c1ccco1)N1CCCC1. The highest BCUT2D eigenvalue weighted by atomic mass is 35.5. The molecule has 4 heterocycles. The van der Waals surface area contributed by atoms with Gasteiger partial charge in [-0.1, -0.05) is 11.6 Å². The molecule has 3 aromatic heterocycles. The Labute approximate surface area is 162 Å². The highest BCUT2D eigenvalue weighted by Crippen LogP contribution is 2.24. The predicted molar refractivity (Wildman–Crippen MR) is 103 cm³/mol. The molecule has 1 atom stereocenters. The molecule has 0 aromatic carbocycles. The molecule has 4 rings (SSSR count). The first-order chi connectivity index (χ1) is 13.2. The normalized spacial score (nSPS) is 15.9. The van der Waals surface area contributed by atoms with Crippen LogP contribution in [0.3, 0.4) is 0 Å². The highest BCUT2D eigenvalue weighted by Gasteiger charge is 2.25. The molecule has 1 aliphatic heterocycles. The number of amides is 2. The maximum absolute atomic E-state index is 12.2. The second kappa shape index (κ2) is 8.02.